The fourth-order valence-corrected chi connectivity index (χ4v) is 4.70. The summed E-state index contributed by atoms with van der Waals surface area (Å²) >= 11 is 0. The molecule has 0 bridgehead atoms. The number of ether oxygens (including phenoxy) is 4. The van der Waals surface area contributed by atoms with Crippen LogP contribution in [0.4, 0.5) is 0 Å². The average Bonchev–Trinajstić information content (AvgIpc) is 3.04. The highest BCUT2D eigenvalue weighted by molar-refractivity contribution is 5.73. The number of rotatable bonds is 12. The third-order valence-corrected chi connectivity index (χ3v) is 7.04. The predicted molar refractivity (Wildman–Crippen MR) is 159 cm³/mol. The maximum atomic E-state index is 13.4. The molecule has 1 atom stereocenters. The molecule has 0 saturated carbocycles. The number of fused-ring (bicyclic) bond motifs is 1. The molecule has 4 aromatic rings. The van der Waals surface area contributed by atoms with Gasteiger partial charge in [-0.1, -0.05) is 12.1 Å². The number of aliphatic hydroxyl groups is 1. The van der Waals surface area contributed by atoms with Gasteiger partial charge in [-0.15, -0.1) is 0 Å². The van der Waals surface area contributed by atoms with E-state index in [0.29, 0.717) is 58.6 Å². The van der Waals surface area contributed by atoms with Crippen LogP contribution in [0.3, 0.4) is 0 Å². The molecule has 1 unspecified atom stereocenters. The van der Waals surface area contributed by atoms with Crippen LogP contribution >= 0.6 is 0 Å². The van der Waals surface area contributed by atoms with Crippen molar-refractivity contribution < 1.29 is 34.0 Å². The molecule has 0 radical (unpaired) electrons. The van der Waals surface area contributed by atoms with Crippen LogP contribution in [0.25, 0.3) is 5.69 Å². The highest BCUT2D eigenvalue weighted by Gasteiger charge is 2.18. The minimum atomic E-state index is -1.18. The van der Waals surface area contributed by atoms with Crippen LogP contribution in [0.2, 0.25) is 0 Å². The van der Waals surface area contributed by atoms with Crippen molar-refractivity contribution in [3.63, 3.8) is 0 Å². The monoisotopic (exact) mass is 597 g/mol. The second kappa shape index (κ2) is 13.8. The number of carbonyl (C=O) groups is 1. The molecule has 1 aliphatic rings. The van der Waals surface area contributed by atoms with Gasteiger partial charge in [-0.2, -0.15) is 5.26 Å². The molecule has 0 saturated heterocycles. The number of aromatic nitrogens is 1. The van der Waals surface area contributed by atoms with E-state index in [2.05, 4.69) is 11.4 Å². The Kier molecular flexibility index (Phi) is 9.44. The Labute approximate surface area is 253 Å². The number of pyridine rings is 1. The Hall–Kier alpha value is -5.31. The smallest absolute Gasteiger partial charge is 0.323 e. The molecule has 0 fully saturated rings. The second-order valence-electron chi connectivity index (χ2n) is 10.1. The van der Waals surface area contributed by atoms with Crippen LogP contribution in [-0.4, -0.2) is 46.6 Å². The standard InChI is InChI=1S/C33H31N3O8/c1-21-12-25(17-35-27(18-37)33(39)40)30(43-19-23-5-2-4-22(13-23)16-34)15-29(21)44-20-24-6-3-9-36(32(24)38)26-7-8-28-31(14-26)42-11-10-41-28/h2-9,12-15,27,35,37H,10-11,17-20H2,1H3,(H,39,40). The lowest BCUT2D eigenvalue weighted by molar-refractivity contribution is -0.140. The van der Waals surface area contributed by atoms with Gasteiger partial charge < -0.3 is 29.2 Å². The first-order valence-electron chi connectivity index (χ1n) is 13.9. The normalized spacial score (nSPS) is 12.7. The van der Waals surface area contributed by atoms with Crippen molar-refractivity contribution >= 4 is 5.97 Å². The Bertz CT molecular complexity index is 1760. The largest absolute Gasteiger partial charge is 0.488 e. The summed E-state index contributed by atoms with van der Waals surface area (Å²) in [6.45, 7) is 2.40. The molecule has 2 heterocycles. The van der Waals surface area contributed by atoms with Crippen molar-refractivity contribution in [3.05, 3.63) is 111 Å². The molecule has 1 aromatic heterocycles. The SMILES string of the molecule is Cc1cc(CNC(CO)C(=O)O)c(OCc2cccc(C#N)c2)cc1OCc1cccn(-c2ccc3c(c2)OCCO3)c1=O. The van der Waals surface area contributed by atoms with E-state index >= 15 is 0 Å². The summed E-state index contributed by atoms with van der Waals surface area (Å²) in [4.78, 5) is 24.8. The summed E-state index contributed by atoms with van der Waals surface area (Å²) in [6.07, 6.45) is 1.67. The van der Waals surface area contributed by atoms with E-state index in [9.17, 15) is 25.1 Å². The van der Waals surface area contributed by atoms with Crippen molar-refractivity contribution in [1.29, 1.82) is 5.26 Å². The van der Waals surface area contributed by atoms with Gasteiger partial charge in [0.1, 0.15) is 44.0 Å². The van der Waals surface area contributed by atoms with Gasteiger partial charge in [0.05, 0.1) is 29.5 Å². The van der Waals surface area contributed by atoms with Gasteiger partial charge in [0, 0.05) is 30.4 Å². The summed E-state index contributed by atoms with van der Waals surface area (Å²) < 4.78 is 25.0. The molecular formula is C33H31N3O8. The molecule has 5 rings (SSSR count). The van der Waals surface area contributed by atoms with E-state index in [0.717, 1.165) is 11.1 Å². The molecule has 3 N–H and O–H groups in total. The van der Waals surface area contributed by atoms with Gasteiger partial charge in [0.15, 0.2) is 11.5 Å². The molecule has 11 heteroatoms. The predicted octanol–water partition coefficient (Wildman–Crippen LogP) is 3.48. The van der Waals surface area contributed by atoms with Crippen molar-refractivity contribution in [2.75, 3.05) is 19.8 Å². The van der Waals surface area contributed by atoms with Crippen LogP contribution in [0, 0.1) is 18.3 Å². The van der Waals surface area contributed by atoms with Crippen molar-refractivity contribution in [2.45, 2.75) is 32.7 Å². The molecule has 226 valence electrons. The first-order valence-corrected chi connectivity index (χ1v) is 13.9. The minimum Gasteiger partial charge on any atom is -0.488 e. The number of benzene rings is 3. The van der Waals surface area contributed by atoms with Gasteiger partial charge in [-0.3, -0.25) is 19.5 Å². The van der Waals surface area contributed by atoms with E-state index < -0.39 is 18.6 Å². The molecule has 0 aliphatic carbocycles. The molecule has 0 spiro atoms. The van der Waals surface area contributed by atoms with E-state index in [1.807, 2.05) is 13.0 Å². The maximum Gasteiger partial charge on any atom is 0.323 e. The van der Waals surface area contributed by atoms with Crippen LogP contribution in [0.5, 0.6) is 23.0 Å². The number of nitriles is 1. The topological polar surface area (TPSA) is 152 Å². The fourth-order valence-electron chi connectivity index (χ4n) is 4.70. The third kappa shape index (κ3) is 7.00. The molecule has 1 aliphatic heterocycles. The molecule has 3 aromatic carbocycles. The Morgan fingerprint density at radius 1 is 1.00 bits per heavy atom. The Balaban J connectivity index is 1.38. The summed E-state index contributed by atoms with van der Waals surface area (Å²) in [5.74, 6) is 0.926. The van der Waals surface area contributed by atoms with E-state index in [4.69, 9.17) is 18.9 Å². The Morgan fingerprint density at radius 3 is 2.57 bits per heavy atom. The Morgan fingerprint density at radius 2 is 1.80 bits per heavy atom. The zero-order chi connectivity index (χ0) is 31.1. The third-order valence-electron chi connectivity index (χ3n) is 7.04. The fraction of sp³-hybridized carbons (Fsp3) is 0.242. The molecule has 0 amide bonds. The lowest BCUT2D eigenvalue weighted by Crippen LogP contribution is -2.39. The molecule has 44 heavy (non-hydrogen) atoms. The van der Waals surface area contributed by atoms with Crippen LogP contribution < -0.4 is 29.8 Å². The number of hydrogen-bond acceptors (Lipinski definition) is 9. The highest BCUT2D eigenvalue weighted by Crippen LogP contribution is 2.32. The van der Waals surface area contributed by atoms with Crippen molar-refractivity contribution in [1.82, 2.24) is 9.88 Å². The van der Waals surface area contributed by atoms with E-state index in [1.54, 1.807) is 66.9 Å². The first-order chi connectivity index (χ1) is 21.4. The highest BCUT2D eigenvalue weighted by atomic mass is 16.6. The summed E-state index contributed by atoms with van der Waals surface area (Å²) in [7, 11) is 0. The first kappa shape index (κ1) is 30.2. The number of aliphatic carboxylic acids is 1. The summed E-state index contributed by atoms with van der Waals surface area (Å²) in [5, 5.41) is 30.8. The van der Waals surface area contributed by atoms with E-state index in [-0.39, 0.29) is 25.3 Å². The number of carboxylic acids is 1. The number of nitrogens with one attached hydrogen (secondary N) is 1. The quantitative estimate of drug-likeness (QED) is 0.221. The number of aryl methyl sites for hydroxylation is 1. The van der Waals surface area contributed by atoms with Crippen molar-refractivity contribution in [3.8, 4) is 34.8 Å². The molecule has 11 nitrogen and oxygen atoms in total. The van der Waals surface area contributed by atoms with Gasteiger partial charge in [-0.25, -0.2) is 0 Å². The van der Waals surface area contributed by atoms with Gasteiger partial charge in [-0.05, 0) is 60.5 Å². The summed E-state index contributed by atoms with van der Waals surface area (Å²) in [5.41, 5.74) is 3.46. The van der Waals surface area contributed by atoms with Crippen LogP contribution in [0.1, 0.15) is 27.8 Å². The number of nitrogens with zero attached hydrogens (tertiary/aromatic N) is 2. The average molecular weight is 598 g/mol. The maximum absolute atomic E-state index is 13.4. The second-order valence-corrected chi connectivity index (χ2v) is 10.1. The molecular weight excluding hydrogens is 566 g/mol. The van der Waals surface area contributed by atoms with Crippen LogP contribution in [0.15, 0.2) is 77.7 Å². The number of hydrogen-bond donors (Lipinski definition) is 3. The lowest BCUT2D eigenvalue weighted by atomic mass is 10.1. The minimum absolute atomic E-state index is 0.0160. The van der Waals surface area contributed by atoms with Gasteiger partial charge >= 0.3 is 5.97 Å². The number of carboxylic acid groups (broad SMARTS) is 1. The van der Waals surface area contributed by atoms with Crippen molar-refractivity contribution in [2.24, 2.45) is 0 Å². The van der Waals surface area contributed by atoms with E-state index in [1.165, 1.54) is 4.57 Å². The van der Waals surface area contributed by atoms with Gasteiger partial charge in [0.2, 0.25) is 0 Å². The lowest BCUT2D eigenvalue weighted by Gasteiger charge is -2.19. The van der Waals surface area contributed by atoms with Gasteiger partial charge in [0.25, 0.3) is 5.56 Å². The number of aliphatic hydroxyl groups excluding tert-OH is 1. The summed E-state index contributed by atoms with van der Waals surface area (Å²) in [6, 6.07) is 20.3. The zero-order valence-electron chi connectivity index (χ0n) is 24.0. The van der Waals surface area contributed by atoms with Crippen LogP contribution in [-0.2, 0) is 24.6 Å². The zero-order valence-corrected chi connectivity index (χ0v) is 24.0.